The van der Waals surface area contributed by atoms with Gasteiger partial charge in [0, 0.05) is 36.5 Å². The number of hydrogen-bond acceptors (Lipinski definition) is 6. The van der Waals surface area contributed by atoms with Gasteiger partial charge in [0.25, 0.3) is 11.5 Å². The molecule has 0 radical (unpaired) electrons. The third-order valence-electron chi connectivity index (χ3n) is 5.00. The number of hydrogen-bond donors (Lipinski definition) is 1. The highest BCUT2D eigenvalue weighted by Gasteiger charge is 2.26. The summed E-state index contributed by atoms with van der Waals surface area (Å²) in [4.78, 5) is 33.9. The monoisotopic (exact) mass is 403 g/mol. The highest BCUT2D eigenvalue weighted by atomic mass is 16.5. The van der Waals surface area contributed by atoms with Crippen molar-refractivity contribution in [1.82, 2.24) is 25.0 Å². The van der Waals surface area contributed by atoms with Crippen molar-refractivity contribution in [2.45, 2.75) is 19.9 Å². The maximum absolute atomic E-state index is 13.1. The lowest BCUT2D eigenvalue weighted by molar-refractivity contribution is 0.0915. The number of carbonyl (C=O) groups excluding carboxylic acids is 1. The Morgan fingerprint density at radius 2 is 1.87 bits per heavy atom. The van der Waals surface area contributed by atoms with Gasteiger partial charge < -0.3 is 14.4 Å². The van der Waals surface area contributed by atoms with Crippen LogP contribution in [-0.4, -0.2) is 25.6 Å². The van der Waals surface area contributed by atoms with Gasteiger partial charge in [-0.25, -0.2) is 0 Å². The number of aromatic nitrogens is 4. The molecule has 0 aliphatic rings. The predicted octanol–water partition coefficient (Wildman–Crippen LogP) is 3.11. The molecular weight excluding hydrogens is 382 g/mol. The second kappa shape index (κ2) is 7.90. The minimum Gasteiger partial charge on any atom is -0.340 e. The number of aryl methyl sites for hydroxylation is 1. The van der Waals surface area contributed by atoms with Crippen LogP contribution in [-0.2, 0) is 7.05 Å². The van der Waals surface area contributed by atoms with Crippen LogP contribution in [0.4, 0.5) is 0 Å². The van der Waals surface area contributed by atoms with Crippen LogP contribution in [0.2, 0.25) is 0 Å². The molecule has 8 heteroatoms. The summed E-state index contributed by atoms with van der Waals surface area (Å²) in [6.07, 6.45) is 3.29. The van der Waals surface area contributed by atoms with Crippen molar-refractivity contribution < 1.29 is 9.32 Å². The molecule has 1 N–H and O–H groups in total. The van der Waals surface area contributed by atoms with Gasteiger partial charge in [-0.3, -0.25) is 14.6 Å². The summed E-state index contributed by atoms with van der Waals surface area (Å²) in [7, 11) is 1.68. The number of nitrogens with zero attached hydrogens (tertiary/aromatic N) is 4. The highest BCUT2D eigenvalue weighted by Crippen LogP contribution is 2.24. The fraction of sp³-hybridized carbons (Fsp3) is 0.227. The minimum absolute atomic E-state index is 0.0162. The van der Waals surface area contributed by atoms with Gasteiger partial charge in [-0.05, 0) is 24.1 Å². The normalized spacial score (nSPS) is 12.3. The quantitative estimate of drug-likeness (QED) is 0.549. The zero-order valence-corrected chi connectivity index (χ0v) is 16.9. The Labute approximate surface area is 172 Å². The van der Waals surface area contributed by atoms with Crippen molar-refractivity contribution in [1.29, 1.82) is 0 Å². The fourth-order valence-electron chi connectivity index (χ4n) is 3.31. The molecule has 0 aliphatic heterocycles. The van der Waals surface area contributed by atoms with E-state index in [-0.39, 0.29) is 17.4 Å². The average molecular weight is 403 g/mol. The minimum atomic E-state index is -0.511. The van der Waals surface area contributed by atoms with Gasteiger partial charge in [-0.2, -0.15) is 4.98 Å². The van der Waals surface area contributed by atoms with Crippen LogP contribution in [0.25, 0.3) is 22.3 Å². The van der Waals surface area contributed by atoms with Crippen LogP contribution >= 0.6 is 0 Å². The summed E-state index contributed by atoms with van der Waals surface area (Å²) in [5.74, 6) is 0.341. The van der Waals surface area contributed by atoms with Gasteiger partial charge in [0.2, 0.25) is 11.7 Å². The SMILES string of the molecule is CC(C)C(NC(=O)c1cc(=O)n(C)c2ccccc12)c1nc(-c2ccncc2)no1. The first kappa shape index (κ1) is 19.5. The summed E-state index contributed by atoms with van der Waals surface area (Å²) in [5, 5.41) is 7.68. The van der Waals surface area contributed by atoms with Gasteiger partial charge in [-0.1, -0.05) is 37.2 Å². The molecule has 0 fully saturated rings. The number of nitrogens with one attached hydrogen (secondary N) is 1. The largest absolute Gasteiger partial charge is 0.340 e. The number of rotatable bonds is 5. The molecule has 4 rings (SSSR count). The maximum atomic E-state index is 13.1. The first-order valence-corrected chi connectivity index (χ1v) is 9.59. The lowest BCUT2D eigenvalue weighted by atomic mass is 10.0. The van der Waals surface area contributed by atoms with Crippen molar-refractivity contribution in [3.63, 3.8) is 0 Å². The van der Waals surface area contributed by atoms with Crippen molar-refractivity contribution in [2.24, 2.45) is 13.0 Å². The standard InChI is InChI=1S/C22H21N5O3/c1-13(2)19(22-25-20(26-30-22)14-8-10-23-11-9-14)24-21(29)16-12-18(28)27(3)17-7-5-4-6-15(16)17/h4-13,19H,1-3H3,(H,24,29). The summed E-state index contributed by atoms with van der Waals surface area (Å²) in [6.45, 7) is 3.90. The number of benzene rings is 1. The molecular formula is C22H21N5O3. The van der Waals surface area contributed by atoms with Crippen LogP contribution in [0.1, 0.15) is 36.1 Å². The first-order chi connectivity index (χ1) is 14.5. The Morgan fingerprint density at radius 1 is 1.13 bits per heavy atom. The summed E-state index contributed by atoms with van der Waals surface area (Å²) < 4.78 is 6.97. The molecule has 3 aromatic heterocycles. The second-order valence-corrected chi connectivity index (χ2v) is 7.36. The van der Waals surface area contributed by atoms with E-state index in [0.717, 1.165) is 5.56 Å². The Kier molecular flexibility index (Phi) is 5.14. The third kappa shape index (κ3) is 3.59. The number of fused-ring (bicyclic) bond motifs is 1. The van der Waals surface area contributed by atoms with E-state index in [0.29, 0.717) is 28.2 Å². The topological polar surface area (TPSA) is 103 Å². The van der Waals surface area contributed by atoms with Crippen molar-refractivity contribution in [2.75, 3.05) is 0 Å². The van der Waals surface area contributed by atoms with E-state index in [4.69, 9.17) is 4.52 Å². The van der Waals surface area contributed by atoms with Gasteiger partial charge >= 0.3 is 0 Å². The van der Waals surface area contributed by atoms with E-state index >= 15 is 0 Å². The first-order valence-electron chi connectivity index (χ1n) is 9.59. The fourth-order valence-corrected chi connectivity index (χ4v) is 3.31. The predicted molar refractivity (Wildman–Crippen MR) is 112 cm³/mol. The zero-order chi connectivity index (χ0) is 21.3. The molecule has 1 amide bonds. The van der Waals surface area contributed by atoms with Crippen molar-refractivity contribution in [3.8, 4) is 11.4 Å². The third-order valence-corrected chi connectivity index (χ3v) is 5.00. The van der Waals surface area contributed by atoms with Crippen LogP contribution < -0.4 is 10.9 Å². The molecule has 0 saturated carbocycles. The van der Waals surface area contributed by atoms with Crippen molar-refractivity contribution in [3.05, 3.63) is 76.7 Å². The van der Waals surface area contributed by atoms with E-state index < -0.39 is 6.04 Å². The van der Waals surface area contributed by atoms with Crippen molar-refractivity contribution >= 4 is 16.8 Å². The lowest BCUT2D eigenvalue weighted by Gasteiger charge is -2.19. The Hall–Kier alpha value is -3.81. The maximum Gasteiger partial charge on any atom is 0.252 e. The molecule has 0 aliphatic carbocycles. The lowest BCUT2D eigenvalue weighted by Crippen LogP contribution is -2.33. The van der Waals surface area contributed by atoms with E-state index in [1.165, 1.54) is 10.6 Å². The molecule has 0 spiro atoms. The van der Waals surface area contributed by atoms with Crippen LogP contribution in [0.5, 0.6) is 0 Å². The molecule has 3 heterocycles. The molecule has 4 aromatic rings. The second-order valence-electron chi connectivity index (χ2n) is 7.36. The van der Waals surface area contributed by atoms with E-state index in [1.807, 2.05) is 38.1 Å². The summed E-state index contributed by atoms with van der Waals surface area (Å²) >= 11 is 0. The smallest absolute Gasteiger partial charge is 0.252 e. The van der Waals surface area contributed by atoms with Gasteiger partial charge in [-0.15, -0.1) is 0 Å². The van der Waals surface area contributed by atoms with E-state index in [1.54, 1.807) is 31.6 Å². The van der Waals surface area contributed by atoms with Crippen LogP contribution in [0.15, 0.2) is 64.2 Å². The van der Waals surface area contributed by atoms with Crippen LogP contribution in [0.3, 0.4) is 0 Å². The molecule has 152 valence electrons. The van der Waals surface area contributed by atoms with Crippen LogP contribution in [0, 0.1) is 5.92 Å². The number of amides is 1. The molecule has 1 aromatic carbocycles. The Balaban J connectivity index is 1.68. The highest BCUT2D eigenvalue weighted by molar-refractivity contribution is 6.06. The van der Waals surface area contributed by atoms with Gasteiger partial charge in [0.1, 0.15) is 6.04 Å². The molecule has 0 bridgehead atoms. The number of carbonyl (C=O) groups is 1. The number of para-hydroxylation sites is 1. The molecule has 0 saturated heterocycles. The molecule has 30 heavy (non-hydrogen) atoms. The molecule has 1 atom stereocenters. The Morgan fingerprint density at radius 3 is 2.60 bits per heavy atom. The van der Waals surface area contributed by atoms with Gasteiger partial charge in [0.15, 0.2) is 0 Å². The summed E-state index contributed by atoms with van der Waals surface area (Å²) in [5.41, 5.74) is 1.52. The van der Waals surface area contributed by atoms with E-state index in [9.17, 15) is 9.59 Å². The summed E-state index contributed by atoms with van der Waals surface area (Å²) in [6, 6.07) is 11.7. The zero-order valence-electron chi connectivity index (χ0n) is 16.9. The van der Waals surface area contributed by atoms with Gasteiger partial charge in [0.05, 0.1) is 11.1 Å². The molecule has 1 unspecified atom stereocenters. The molecule has 8 nitrogen and oxygen atoms in total. The number of pyridine rings is 2. The average Bonchev–Trinajstić information content (AvgIpc) is 3.24. The van der Waals surface area contributed by atoms with E-state index in [2.05, 4.69) is 20.4 Å². The Bertz CT molecular complexity index is 1260.